The Morgan fingerprint density at radius 1 is 1.04 bits per heavy atom. The first-order valence-electron chi connectivity index (χ1n) is 8.47. The third-order valence-corrected chi connectivity index (χ3v) is 4.35. The summed E-state index contributed by atoms with van der Waals surface area (Å²) in [6.45, 7) is 5.72. The van der Waals surface area contributed by atoms with Gasteiger partial charge < -0.3 is 14.8 Å². The fourth-order valence-corrected chi connectivity index (χ4v) is 3.24. The van der Waals surface area contributed by atoms with Crippen molar-refractivity contribution in [2.75, 3.05) is 13.7 Å². The van der Waals surface area contributed by atoms with Crippen molar-refractivity contribution >= 4 is 11.9 Å². The van der Waals surface area contributed by atoms with Gasteiger partial charge in [0.1, 0.15) is 0 Å². The van der Waals surface area contributed by atoms with Crippen LogP contribution in [0.4, 0.5) is 0 Å². The molecule has 0 aliphatic carbocycles. The van der Waals surface area contributed by atoms with Crippen molar-refractivity contribution in [3.8, 4) is 0 Å². The summed E-state index contributed by atoms with van der Waals surface area (Å²) in [6, 6.07) is 10.00. The predicted molar refractivity (Wildman–Crippen MR) is 95.4 cm³/mol. The summed E-state index contributed by atoms with van der Waals surface area (Å²) in [4.78, 5) is 24.8. The molecule has 0 amide bonds. The summed E-state index contributed by atoms with van der Waals surface area (Å²) in [6.07, 6.45) is 1.37. The van der Waals surface area contributed by atoms with E-state index in [9.17, 15) is 9.59 Å². The van der Waals surface area contributed by atoms with Crippen molar-refractivity contribution in [2.45, 2.75) is 33.6 Å². The van der Waals surface area contributed by atoms with Gasteiger partial charge >= 0.3 is 11.9 Å². The number of hydrogen-bond donors (Lipinski definition) is 1. The van der Waals surface area contributed by atoms with Gasteiger partial charge in [-0.25, -0.2) is 9.59 Å². The van der Waals surface area contributed by atoms with Crippen molar-refractivity contribution in [1.29, 1.82) is 0 Å². The van der Waals surface area contributed by atoms with Gasteiger partial charge in [-0.05, 0) is 39.2 Å². The molecular weight excluding hydrogens is 318 g/mol. The number of rotatable bonds is 6. The summed E-state index contributed by atoms with van der Waals surface area (Å²) in [5.41, 5.74) is 3.59. The molecule has 5 heteroatoms. The van der Waals surface area contributed by atoms with Crippen LogP contribution in [-0.2, 0) is 25.5 Å². The number of esters is 2. The van der Waals surface area contributed by atoms with Crippen LogP contribution in [0.1, 0.15) is 32.8 Å². The van der Waals surface area contributed by atoms with Gasteiger partial charge in [0.25, 0.3) is 0 Å². The number of carbonyl (C=O) groups excluding carboxylic acids is 2. The van der Waals surface area contributed by atoms with Gasteiger partial charge in [-0.15, -0.1) is 0 Å². The van der Waals surface area contributed by atoms with Gasteiger partial charge in [-0.3, -0.25) is 0 Å². The summed E-state index contributed by atoms with van der Waals surface area (Å²) in [5, 5.41) is 3.12. The molecule has 134 valence electrons. The van der Waals surface area contributed by atoms with Crippen LogP contribution in [0.25, 0.3) is 0 Å². The van der Waals surface area contributed by atoms with E-state index in [2.05, 4.69) is 5.32 Å². The first-order chi connectivity index (χ1) is 12.0. The van der Waals surface area contributed by atoms with E-state index < -0.39 is 5.97 Å². The third-order valence-electron chi connectivity index (χ3n) is 4.35. The number of ether oxygens (including phenoxy) is 2. The highest BCUT2D eigenvalue weighted by Crippen LogP contribution is 2.34. The van der Waals surface area contributed by atoms with E-state index in [0.29, 0.717) is 17.6 Å². The second-order valence-electron chi connectivity index (χ2n) is 5.99. The molecule has 0 fully saturated rings. The highest BCUT2D eigenvalue weighted by Gasteiger charge is 2.36. The third kappa shape index (κ3) is 4.29. The van der Waals surface area contributed by atoms with Crippen LogP contribution in [0.15, 0.2) is 52.9 Å². The van der Waals surface area contributed by atoms with E-state index in [4.69, 9.17) is 9.47 Å². The van der Waals surface area contributed by atoms with Gasteiger partial charge in [0, 0.05) is 17.3 Å². The minimum atomic E-state index is -0.419. The number of aryl methyl sites for hydroxylation is 1. The smallest absolute Gasteiger partial charge is 0.336 e. The molecule has 1 atom stereocenters. The van der Waals surface area contributed by atoms with Gasteiger partial charge in [0.15, 0.2) is 0 Å². The lowest BCUT2D eigenvalue weighted by Crippen LogP contribution is -2.33. The summed E-state index contributed by atoms with van der Waals surface area (Å²) >= 11 is 0. The maximum atomic E-state index is 12.5. The molecule has 0 saturated carbocycles. The van der Waals surface area contributed by atoms with Crippen LogP contribution in [0.3, 0.4) is 0 Å². The van der Waals surface area contributed by atoms with Crippen molar-refractivity contribution < 1.29 is 19.1 Å². The Morgan fingerprint density at radius 3 is 2.20 bits per heavy atom. The van der Waals surface area contributed by atoms with E-state index in [1.54, 1.807) is 6.92 Å². The molecule has 0 radical (unpaired) electrons. The van der Waals surface area contributed by atoms with E-state index in [1.165, 1.54) is 7.11 Å². The predicted octanol–water partition coefficient (Wildman–Crippen LogP) is 3.12. The SMILES string of the molecule is CCOC(=O)C1=C(C)NC(C)=C(C(=O)OC)C1CCc1ccccc1. The molecule has 1 unspecified atom stereocenters. The number of methoxy groups -OCH3 is 1. The maximum Gasteiger partial charge on any atom is 0.336 e. The molecule has 5 nitrogen and oxygen atoms in total. The first kappa shape index (κ1) is 18.8. The number of carbonyl (C=O) groups is 2. The molecule has 1 aromatic rings. The Morgan fingerprint density at radius 2 is 1.64 bits per heavy atom. The molecule has 0 aromatic heterocycles. The normalized spacial score (nSPS) is 17.2. The summed E-state index contributed by atoms with van der Waals surface area (Å²) in [5.74, 6) is -1.16. The number of benzene rings is 1. The molecule has 0 bridgehead atoms. The van der Waals surface area contributed by atoms with Gasteiger partial charge in [-0.2, -0.15) is 0 Å². The molecule has 0 saturated heterocycles. The van der Waals surface area contributed by atoms with Crippen molar-refractivity contribution in [3.05, 3.63) is 58.4 Å². The molecule has 1 N–H and O–H groups in total. The van der Waals surface area contributed by atoms with Crippen molar-refractivity contribution in [3.63, 3.8) is 0 Å². The summed E-state index contributed by atoms with van der Waals surface area (Å²) < 4.78 is 10.2. The highest BCUT2D eigenvalue weighted by atomic mass is 16.5. The van der Waals surface area contributed by atoms with Crippen molar-refractivity contribution in [1.82, 2.24) is 5.32 Å². The summed E-state index contributed by atoms with van der Waals surface area (Å²) in [7, 11) is 1.35. The molecular formula is C20H25NO4. The molecule has 2 rings (SSSR count). The number of allylic oxidation sites excluding steroid dienone is 2. The van der Waals surface area contributed by atoms with Crippen LogP contribution in [0.2, 0.25) is 0 Å². The van der Waals surface area contributed by atoms with E-state index in [1.807, 2.05) is 44.2 Å². The highest BCUT2D eigenvalue weighted by molar-refractivity contribution is 5.97. The van der Waals surface area contributed by atoms with Crippen molar-refractivity contribution in [2.24, 2.45) is 5.92 Å². The Hall–Kier alpha value is -2.56. The largest absolute Gasteiger partial charge is 0.466 e. The van der Waals surface area contributed by atoms with Crippen LogP contribution < -0.4 is 5.32 Å². The zero-order chi connectivity index (χ0) is 18.4. The van der Waals surface area contributed by atoms with Gasteiger partial charge in [0.2, 0.25) is 0 Å². The minimum absolute atomic E-state index is 0.289. The van der Waals surface area contributed by atoms with Gasteiger partial charge in [0.05, 0.1) is 24.9 Å². The lowest BCUT2D eigenvalue weighted by atomic mass is 9.81. The van der Waals surface area contributed by atoms with Crippen LogP contribution in [0.5, 0.6) is 0 Å². The second-order valence-corrected chi connectivity index (χ2v) is 5.99. The molecule has 25 heavy (non-hydrogen) atoms. The Balaban J connectivity index is 2.37. The molecule has 1 aliphatic rings. The molecule has 0 spiro atoms. The lowest BCUT2D eigenvalue weighted by molar-refractivity contribution is -0.139. The average molecular weight is 343 g/mol. The Kier molecular flexibility index (Phi) is 6.39. The fourth-order valence-electron chi connectivity index (χ4n) is 3.24. The average Bonchev–Trinajstić information content (AvgIpc) is 2.60. The molecule has 1 aliphatic heterocycles. The lowest BCUT2D eigenvalue weighted by Gasteiger charge is -2.30. The first-order valence-corrected chi connectivity index (χ1v) is 8.47. The number of nitrogens with one attached hydrogen (secondary N) is 1. The topological polar surface area (TPSA) is 64.6 Å². The number of dihydropyridines is 1. The maximum absolute atomic E-state index is 12.5. The van der Waals surface area contributed by atoms with Gasteiger partial charge in [-0.1, -0.05) is 30.3 Å². The van der Waals surface area contributed by atoms with E-state index in [0.717, 1.165) is 23.4 Å². The zero-order valence-electron chi connectivity index (χ0n) is 15.2. The number of hydrogen-bond acceptors (Lipinski definition) is 5. The Labute approximate surface area is 148 Å². The standard InChI is InChI=1S/C20H25NO4/c1-5-25-20(23)18-14(3)21-13(2)17(19(22)24-4)16(18)12-11-15-9-7-6-8-10-15/h6-10,16,21H,5,11-12H2,1-4H3. The second kappa shape index (κ2) is 8.51. The fraction of sp³-hybridized carbons (Fsp3) is 0.400. The van der Waals surface area contributed by atoms with Crippen LogP contribution >= 0.6 is 0 Å². The van der Waals surface area contributed by atoms with E-state index >= 15 is 0 Å². The molecule has 1 aromatic carbocycles. The van der Waals surface area contributed by atoms with Crippen LogP contribution in [-0.4, -0.2) is 25.7 Å². The van der Waals surface area contributed by atoms with Crippen LogP contribution in [0, 0.1) is 5.92 Å². The Bertz CT molecular complexity index is 704. The minimum Gasteiger partial charge on any atom is -0.466 e. The molecule has 1 heterocycles. The monoisotopic (exact) mass is 343 g/mol. The van der Waals surface area contributed by atoms with E-state index in [-0.39, 0.29) is 18.5 Å². The zero-order valence-corrected chi connectivity index (χ0v) is 15.2. The quantitative estimate of drug-likeness (QED) is 0.804.